The van der Waals surface area contributed by atoms with Gasteiger partial charge in [0.15, 0.2) is 5.16 Å². The van der Waals surface area contributed by atoms with Crippen LogP contribution in [0.25, 0.3) is 10.2 Å². The predicted octanol–water partition coefficient (Wildman–Crippen LogP) is 3.10. The molecule has 7 nitrogen and oxygen atoms in total. The van der Waals surface area contributed by atoms with E-state index in [4.69, 9.17) is 9.72 Å². The smallest absolute Gasteiger partial charge is 0.263 e. The highest BCUT2D eigenvalue weighted by Crippen LogP contribution is 2.35. The minimum Gasteiger partial charge on any atom is -0.383 e. The van der Waals surface area contributed by atoms with E-state index in [1.54, 1.807) is 23.0 Å². The normalized spacial score (nSPS) is 14.1. The Labute approximate surface area is 202 Å². The van der Waals surface area contributed by atoms with E-state index in [0.717, 1.165) is 35.0 Å². The van der Waals surface area contributed by atoms with Crippen molar-refractivity contribution in [1.29, 1.82) is 0 Å². The van der Waals surface area contributed by atoms with E-state index in [0.29, 0.717) is 24.9 Å². The lowest BCUT2D eigenvalue weighted by molar-refractivity contribution is -0.118. The lowest BCUT2D eigenvalue weighted by Crippen LogP contribution is -2.35. The molecular formula is C24H30N4O3S2. The van der Waals surface area contributed by atoms with Crippen LogP contribution < -0.4 is 10.9 Å². The Morgan fingerprint density at radius 2 is 2.09 bits per heavy atom. The van der Waals surface area contributed by atoms with Crippen molar-refractivity contribution in [3.8, 4) is 0 Å². The van der Waals surface area contributed by atoms with Crippen LogP contribution in [0, 0.1) is 0 Å². The van der Waals surface area contributed by atoms with E-state index in [9.17, 15) is 9.59 Å². The number of hydrogen-bond acceptors (Lipinski definition) is 7. The molecule has 0 spiro atoms. The minimum absolute atomic E-state index is 0.0175. The van der Waals surface area contributed by atoms with Crippen LogP contribution in [0.3, 0.4) is 0 Å². The third-order valence-corrected chi connectivity index (χ3v) is 8.10. The van der Waals surface area contributed by atoms with Crippen molar-refractivity contribution >= 4 is 39.2 Å². The van der Waals surface area contributed by atoms with Crippen molar-refractivity contribution in [2.75, 3.05) is 40.1 Å². The molecule has 33 heavy (non-hydrogen) atoms. The largest absolute Gasteiger partial charge is 0.383 e. The summed E-state index contributed by atoms with van der Waals surface area (Å²) in [5.41, 5.74) is 2.31. The first-order valence-corrected chi connectivity index (χ1v) is 12.9. The molecule has 1 aliphatic rings. The number of aromatic nitrogens is 2. The van der Waals surface area contributed by atoms with Crippen molar-refractivity contribution in [1.82, 2.24) is 19.8 Å². The molecule has 0 saturated carbocycles. The molecule has 0 fully saturated rings. The number of benzene rings is 1. The number of thioether (sulfide) groups is 1. The lowest BCUT2D eigenvalue weighted by atomic mass is 10.1. The molecule has 0 bridgehead atoms. The number of ether oxygens (including phenoxy) is 1. The Morgan fingerprint density at radius 1 is 1.30 bits per heavy atom. The maximum Gasteiger partial charge on any atom is 0.263 e. The molecule has 1 aliphatic carbocycles. The van der Waals surface area contributed by atoms with Gasteiger partial charge in [0.25, 0.3) is 5.56 Å². The fourth-order valence-electron chi connectivity index (χ4n) is 4.21. The second-order valence-corrected chi connectivity index (χ2v) is 10.4. The zero-order valence-corrected chi connectivity index (χ0v) is 20.9. The SMILES string of the molecule is COCCn1c(SCC(=O)NC[C@H](c2ccccc2)N(C)C)nc2sc3c(c2c1=O)CCC3. The van der Waals surface area contributed by atoms with Crippen LogP contribution >= 0.6 is 23.1 Å². The minimum atomic E-state index is -0.0795. The highest BCUT2D eigenvalue weighted by molar-refractivity contribution is 7.99. The summed E-state index contributed by atoms with van der Waals surface area (Å²) in [6.07, 6.45) is 3.06. The van der Waals surface area contributed by atoms with Crippen LogP contribution in [-0.4, -0.2) is 60.5 Å². The Balaban J connectivity index is 1.48. The average molecular weight is 487 g/mol. The van der Waals surface area contributed by atoms with Gasteiger partial charge in [-0.05, 0) is 44.5 Å². The van der Waals surface area contributed by atoms with Crippen molar-refractivity contribution in [3.63, 3.8) is 0 Å². The van der Waals surface area contributed by atoms with Crippen molar-refractivity contribution in [2.45, 2.75) is 37.0 Å². The maximum absolute atomic E-state index is 13.3. The van der Waals surface area contributed by atoms with Gasteiger partial charge in [0.2, 0.25) is 5.91 Å². The maximum atomic E-state index is 13.3. The van der Waals surface area contributed by atoms with Crippen LogP contribution in [0.4, 0.5) is 0 Å². The number of nitrogens with one attached hydrogen (secondary N) is 1. The van der Waals surface area contributed by atoms with E-state index >= 15 is 0 Å². The van der Waals surface area contributed by atoms with Gasteiger partial charge in [-0.3, -0.25) is 14.2 Å². The first kappa shape index (κ1) is 23.9. The Bertz CT molecular complexity index is 1170. The average Bonchev–Trinajstić information content (AvgIpc) is 3.39. The zero-order chi connectivity index (χ0) is 23.4. The standard InChI is InChI=1S/C24H30N4O3S2/c1-27(2)18(16-8-5-4-6-9-16)14-25-20(29)15-32-24-26-22-21(17-10-7-11-19(17)33-22)23(30)28(24)12-13-31-3/h4-6,8-9,18H,7,10-15H2,1-3H3,(H,25,29)/t18-/m1/s1. The molecule has 0 unspecified atom stereocenters. The van der Waals surface area contributed by atoms with E-state index < -0.39 is 0 Å². The van der Waals surface area contributed by atoms with Crippen LogP contribution in [0.2, 0.25) is 0 Å². The number of hydrogen-bond donors (Lipinski definition) is 1. The molecule has 1 amide bonds. The Morgan fingerprint density at radius 3 is 2.82 bits per heavy atom. The second-order valence-electron chi connectivity index (χ2n) is 8.36. The summed E-state index contributed by atoms with van der Waals surface area (Å²) in [6, 6.07) is 10.2. The zero-order valence-electron chi connectivity index (χ0n) is 19.3. The fraction of sp³-hybridized carbons (Fsp3) is 0.458. The first-order valence-electron chi connectivity index (χ1n) is 11.1. The number of likely N-dealkylation sites (N-methyl/N-ethyl adjacent to an activating group) is 1. The molecule has 0 saturated heterocycles. The third-order valence-electron chi connectivity index (χ3n) is 5.94. The van der Waals surface area contributed by atoms with Crippen LogP contribution in [-0.2, 0) is 28.9 Å². The predicted molar refractivity (Wildman–Crippen MR) is 134 cm³/mol. The Kier molecular flexibility index (Phi) is 7.85. The summed E-state index contributed by atoms with van der Waals surface area (Å²) in [5.74, 6) is 0.120. The van der Waals surface area contributed by atoms with Gasteiger partial charge in [0.1, 0.15) is 4.83 Å². The van der Waals surface area contributed by atoms with Gasteiger partial charge in [0, 0.05) is 18.5 Å². The quantitative estimate of drug-likeness (QED) is 0.351. The van der Waals surface area contributed by atoms with Crippen molar-refractivity contribution in [3.05, 3.63) is 56.7 Å². The molecule has 1 aromatic carbocycles. The van der Waals surface area contributed by atoms with Crippen molar-refractivity contribution < 1.29 is 9.53 Å². The number of amides is 1. The molecular weight excluding hydrogens is 456 g/mol. The second kappa shape index (κ2) is 10.8. The van der Waals surface area contributed by atoms with Gasteiger partial charge >= 0.3 is 0 Å². The lowest BCUT2D eigenvalue weighted by Gasteiger charge is -2.25. The number of nitrogens with zero attached hydrogens (tertiary/aromatic N) is 3. The number of carbonyl (C=O) groups excluding carboxylic acids is 1. The molecule has 1 N–H and O–H groups in total. The molecule has 2 heterocycles. The number of fused-ring (bicyclic) bond motifs is 3. The van der Waals surface area contributed by atoms with E-state index in [2.05, 4.69) is 22.3 Å². The molecule has 4 rings (SSSR count). The fourth-order valence-corrected chi connectivity index (χ4v) is 6.37. The van der Waals surface area contributed by atoms with Crippen LogP contribution in [0.5, 0.6) is 0 Å². The number of carbonyl (C=O) groups is 1. The number of aryl methyl sites for hydroxylation is 2. The summed E-state index contributed by atoms with van der Waals surface area (Å²) in [6.45, 7) is 1.35. The molecule has 1 atom stereocenters. The summed E-state index contributed by atoms with van der Waals surface area (Å²) >= 11 is 2.93. The highest BCUT2D eigenvalue weighted by atomic mass is 32.2. The third kappa shape index (κ3) is 5.32. The van der Waals surface area contributed by atoms with Gasteiger partial charge in [-0.1, -0.05) is 42.1 Å². The number of rotatable bonds is 10. The van der Waals surface area contributed by atoms with Crippen molar-refractivity contribution in [2.24, 2.45) is 0 Å². The van der Waals surface area contributed by atoms with Gasteiger partial charge in [0.05, 0.1) is 30.3 Å². The van der Waals surface area contributed by atoms with E-state index in [1.807, 2.05) is 32.3 Å². The summed E-state index contributed by atoms with van der Waals surface area (Å²) in [4.78, 5) is 35.0. The first-order chi connectivity index (χ1) is 16.0. The van der Waals surface area contributed by atoms with Crippen LogP contribution in [0.1, 0.15) is 28.5 Å². The molecule has 3 aromatic rings. The van der Waals surface area contributed by atoms with Gasteiger partial charge < -0.3 is 15.0 Å². The summed E-state index contributed by atoms with van der Waals surface area (Å²) < 4.78 is 6.89. The summed E-state index contributed by atoms with van der Waals surface area (Å²) in [7, 11) is 5.63. The van der Waals surface area contributed by atoms with E-state index in [1.165, 1.54) is 22.2 Å². The van der Waals surface area contributed by atoms with Gasteiger partial charge in [-0.25, -0.2) is 4.98 Å². The number of thiophene rings is 1. The molecule has 2 aromatic heterocycles. The monoisotopic (exact) mass is 486 g/mol. The molecule has 9 heteroatoms. The number of methoxy groups -OCH3 is 1. The Hall–Kier alpha value is -2.20. The molecule has 176 valence electrons. The van der Waals surface area contributed by atoms with E-state index in [-0.39, 0.29) is 23.3 Å². The highest BCUT2D eigenvalue weighted by Gasteiger charge is 2.23. The van der Waals surface area contributed by atoms with Crippen LogP contribution in [0.15, 0.2) is 40.3 Å². The topological polar surface area (TPSA) is 76.5 Å². The molecule has 0 radical (unpaired) electrons. The van der Waals surface area contributed by atoms with Gasteiger partial charge in [-0.15, -0.1) is 11.3 Å². The molecule has 0 aliphatic heterocycles. The van der Waals surface area contributed by atoms with Gasteiger partial charge in [-0.2, -0.15) is 0 Å². The summed E-state index contributed by atoms with van der Waals surface area (Å²) in [5, 5.41) is 4.37.